The van der Waals surface area contributed by atoms with Crippen molar-refractivity contribution in [1.29, 1.82) is 0 Å². The second-order valence-corrected chi connectivity index (χ2v) is 6.20. The molecule has 1 saturated heterocycles. The zero-order chi connectivity index (χ0) is 17.6. The molecule has 1 aromatic carbocycles. The predicted molar refractivity (Wildman–Crippen MR) is 91.3 cm³/mol. The Morgan fingerprint density at radius 1 is 1.28 bits per heavy atom. The zero-order valence-electron chi connectivity index (χ0n) is 14.3. The largest absolute Gasteiger partial charge is 0.350 e. The van der Waals surface area contributed by atoms with Crippen LogP contribution in [0, 0.1) is 6.92 Å². The number of rotatable bonds is 5. The lowest BCUT2D eigenvalue weighted by atomic mass is 10.1. The second-order valence-electron chi connectivity index (χ2n) is 6.20. The monoisotopic (exact) mass is 342 g/mol. The van der Waals surface area contributed by atoms with Crippen LogP contribution in [0.3, 0.4) is 0 Å². The Hall–Kier alpha value is -2.77. The van der Waals surface area contributed by atoms with Gasteiger partial charge in [0.1, 0.15) is 6.33 Å². The lowest BCUT2D eigenvalue weighted by Gasteiger charge is -2.20. The summed E-state index contributed by atoms with van der Waals surface area (Å²) in [5.41, 5.74) is 2.32. The van der Waals surface area contributed by atoms with E-state index in [9.17, 15) is 9.59 Å². The summed E-state index contributed by atoms with van der Waals surface area (Å²) < 4.78 is 1.56. The molecule has 8 heteroatoms. The molecule has 0 bridgehead atoms. The van der Waals surface area contributed by atoms with Crippen LogP contribution in [0.2, 0.25) is 0 Å². The van der Waals surface area contributed by atoms with Gasteiger partial charge in [-0.15, -0.1) is 5.10 Å². The summed E-state index contributed by atoms with van der Waals surface area (Å²) in [5.74, 6) is 0.0435. The molecule has 1 fully saturated rings. The molecule has 3 rings (SSSR count). The highest BCUT2D eigenvalue weighted by Crippen LogP contribution is 2.14. The van der Waals surface area contributed by atoms with E-state index in [1.165, 1.54) is 6.33 Å². The van der Waals surface area contributed by atoms with Crippen molar-refractivity contribution >= 4 is 11.8 Å². The van der Waals surface area contributed by atoms with E-state index in [0.29, 0.717) is 25.1 Å². The van der Waals surface area contributed by atoms with E-state index in [2.05, 4.69) is 20.8 Å². The minimum absolute atomic E-state index is 0.145. The molecule has 1 aliphatic rings. The van der Waals surface area contributed by atoms with E-state index >= 15 is 0 Å². The number of likely N-dealkylation sites (tertiary alicyclic amines) is 1. The molecule has 0 aliphatic carbocycles. The fraction of sp³-hybridized carbons (Fsp3) is 0.471. The second kappa shape index (κ2) is 7.87. The maximum absolute atomic E-state index is 12.3. The lowest BCUT2D eigenvalue weighted by Crippen LogP contribution is -2.38. The van der Waals surface area contributed by atoms with E-state index in [1.807, 2.05) is 24.0 Å². The van der Waals surface area contributed by atoms with Crippen LogP contribution in [0.15, 0.2) is 24.5 Å². The smallest absolute Gasteiger partial charge is 0.251 e. The summed E-state index contributed by atoms with van der Waals surface area (Å²) in [7, 11) is 0. The standard InChI is InChI=1S/C17H22N6O2/c1-13-11-14(6-7-15(13)23-12-19-20-21-23)17(25)18-8-10-22-9-4-2-3-5-16(22)24/h6-7,11-12H,2-5,8-10H2,1H3,(H,18,25). The topological polar surface area (TPSA) is 93.0 Å². The Balaban J connectivity index is 1.56. The highest BCUT2D eigenvalue weighted by Gasteiger charge is 2.16. The molecule has 2 heterocycles. The Morgan fingerprint density at radius 2 is 2.16 bits per heavy atom. The summed E-state index contributed by atoms with van der Waals surface area (Å²) in [6, 6.07) is 5.37. The molecule has 0 radical (unpaired) electrons. The van der Waals surface area contributed by atoms with Gasteiger partial charge in [-0.1, -0.05) is 6.42 Å². The molecule has 25 heavy (non-hydrogen) atoms. The first-order valence-electron chi connectivity index (χ1n) is 8.55. The number of carbonyl (C=O) groups excluding carboxylic acids is 2. The quantitative estimate of drug-likeness (QED) is 0.878. The summed E-state index contributed by atoms with van der Waals surface area (Å²) in [6.45, 7) is 3.71. The van der Waals surface area contributed by atoms with E-state index in [1.54, 1.807) is 10.7 Å². The molecule has 2 aromatic rings. The van der Waals surface area contributed by atoms with Gasteiger partial charge in [0.15, 0.2) is 0 Å². The van der Waals surface area contributed by atoms with E-state index in [-0.39, 0.29) is 11.8 Å². The van der Waals surface area contributed by atoms with Gasteiger partial charge in [-0.05, 0) is 54.0 Å². The number of tetrazole rings is 1. The van der Waals surface area contributed by atoms with Crippen molar-refractivity contribution in [2.45, 2.75) is 32.6 Å². The molecular formula is C17H22N6O2. The van der Waals surface area contributed by atoms with Crippen LogP contribution < -0.4 is 5.32 Å². The number of aryl methyl sites for hydroxylation is 1. The summed E-state index contributed by atoms with van der Waals surface area (Å²) >= 11 is 0. The van der Waals surface area contributed by atoms with Crippen LogP contribution in [0.4, 0.5) is 0 Å². The number of hydrogen-bond donors (Lipinski definition) is 1. The molecule has 1 aromatic heterocycles. The molecular weight excluding hydrogens is 320 g/mol. The average molecular weight is 342 g/mol. The van der Waals surface area contributed by atoms with Gasteiger partial charge in [-0.3, -0.25) is 9.59 Å². The van der Waals surface area contributed by atoms with Crippen LogP contribution in [0.1, 0.15) is 41.6 Å². The van der Waals surface area contributed by atoms with Crippen molar-refractivity contribution in [3.05, 3.63) is 35.7 Å². The van der Waals surface area contributed by atoms with Gasteiger partial charge in [0.25, 0.3) is 5.91 Å². The average Bonchev–Trinajstić information content (AvgIpc) is 3.06. The molecule has 0 unspecified atom stereocenters. The zero-order valence-corrected chi connectivity index (χ0v) is 14.3. The highest BCUT2D eigenvalue weighted by molar-refractivity contribution is 5.94. The normalized spacial score (nSPS) is 15.1. The third kappa shape index (κ3) is 4.20. The number of amides is 2. The van der Waals surface area contributed by atoms with E-state index < -0.39 is 0 Å². The molecule has 0 spiro atoms. The summed E-state index contributed by atoms with van der Waals surface area (Å²) in [6.07, 6.45) is 5.24. The van der Waals surface area contributed by atoms with Crippen molar-refractivity contribution in [1.82, 2.24) is 30.4 Å². The molecule has 8 nitrogen and oxygen atoms in total. The minimum atomic E-state index is -0.145. The fourth-order valence-corrected chi connectivity index (χ4v) is 3.01. The Kier molecular flexibility index (Phi) is 5.37. The predicted octanol–water partition coefficient (Wildman–Crippen LogP) is 1.10. The van der Waals surface area contributed by atoms with Crippen LogP contribution in [0.5, 0.6) is 0 Å². The van der Waals surface area contributed by atoms with Crippen LogP contribution in [0.25, 0.3) is 5.69 Å². The molecule has 1 aliphatic heterocycles. The third-order valence-corrected chi connectivity index (χ3v) is 4.39. The van der Waals surface area contributed by atoms with E-state index in [0.717, 1.165) is 37.1 Å². The van der Waals surface area contributed by atoms with Gasteiger partial charge in [0, 0.05) is 31.6 Å². The van der Waals surface area contributed by atoms with E-state index in [4.69, 9.17) is 0 Å². The number of benzene rings is 1. The molecule has 0 saturated carbocycles. The van der Waals surface area contributed by atoms with Gasteiger partial charge < -0.3 is 10.2 Å². The Morgan fingerprint density at radius 3 is 2.92 bits per heavy atom. The Bertz CT molecular complexity index is 744. The lowest BCUT2D eigenvalue weighted by molar-refractivity contribution is -0.130. The maximum Gasteiger partial charge on any atom is 0.251 e. The third-order valence-electron chi connectivity index (χ3n) is 4.39. The first-order chi connectivity index (χ1) is 12.1. The molecule has 132 valence electrons. The molecule has 1 N–H and O–H groups in total. The number of carbonyl (C=O) groups is 2. The van der Waals surface area contributed by atoms with Crippen molar-refractivity contribution in [2.75, 3.05) is 19.6 Å². The van der Waals surface area contributed by atoms with Gasteiger partial charge in [-0.25, -0.2) is 4.68 Å². The number of hydrogen-bond acceptors (Lipinski definition) is 5. The van der Waals surface area contributed by atoms with Gasteiger partial charge >= 0.3 is 0 Å². The van der Waals surface area contributed by atoms with Crippen molar-refractivity contribution in [3.8, 4) is 5.69 Å². The number of nitrogens with one attached hydrogen (secondary N) is 1. The van der Waals surface area contributed by atoms with Crippen molar-refractivity contribution < 1.29 is 9.59 Å². The maximum atomic E-state index is 12.3. The van der Waals surface area contributed by atoms with Crippen molar-refractivity contribution in [3.63, 3.8) is 0 Å². The first kappa shape index (κ1) is 17.1. The summed E-state index contributed by atoms with van der Waals surface area (Å²) in [4.78, 5) is 26.1. The summed E-state index contributed by atoms with van der Waals surface area (Å²) in [5, 5.41) is 14.0. The van der Waals surface area contributed by atoms with Gasteiger partial charge in [0.2, 0.25) is 5.91 Å². The Labute approximate surface area is 146 Å². The number of nitrogens with zero attached hydrogens (tertiary/aromatic N) is 5. The van der Waals surface area contributed by atoms with Gasteiger partial charge in [0.05, 0.1) is 5.69 Å². The highest BCUT2D eigenvalue weighted by atomic mass is 16.2. The first-order valence-corrected chi connectivity index (χ1v) is 8.55. The molecule has 2 amide bonds. The minimum Gasteiger partial charge on any atom is -0.350 e. The van der Waals surface area contributed by atoms with Crippen molar-refractivity contribution in [2.24, 2.45) is 0 Å². The van der Waals surface area contributed by atoms with Crippen LogP contribution in [-0.2, 0) is 4.79 Å². The SMILES string of the molecule is Cc1cc(C(=O)NCCN2CCCCCC2=O)ccc1-n1cnnn1. The van der Waals surface area contributed by atoms with Crippen LogP contribution in [-0.4, -0.2) is 56.6 Å². The van der Waals surface area contributed by atoms with Crippen LogP contribution >= 0.6 is 0 Å². The number of aromatic nitrogens is 4. The van der Waals surface area contributed by atoms with Gasteiger partial charge in [-0.2, -0.15) is 0 Å². The molecule has 0 atom stereocenters. The fourth-order valence-electron chi connectivity index (χ4n) is 3.01.